The van der Waals surface area contributed by atoms with Crippen molar-refractivity contribution < 1.29 is 14.1 Å². The van der Waals surface area contributed by atoms with Gasteiger partial charge >= 0.3 is 0 Å². The van der Waals surface area contributed by atoms with Crippen molar-refractivity contribution in [3.05, 3.63) is 75.2 Å². The fourth-order valence-corrected chi connectivity index (χ4v) is 6.88. The molecule has 1 aliphatic carbocycles. The lowest BCUT2D eigenvalue weighted by molar-refractivity contribution is -0.132. The largest absolute Gasteiger partial charge is 0.360 e. The summed E-state index contributed by atoms with van der Waals surface area (Å²) in [6.45, 7) is 3.46. The number of fused-ring (bicyclic) bond motifs is 3. The van der Waals surface area contributed by atoms with E-state index >= 15 is 0 Å². The highest BCUT2D eigenvalue weighted by Gasteiger charge is 2.33. The second-order valence-electron chi connectivity index (χ2n) is 11.7. The van der Waals surface area contributed by atoms with Gasteiger partial charge in [0.2, 0.25) is 11.8 Å². The molecule has 3 unspecified atom stereocenters. The number of rotatable bonds is 6. The van der Waals surface area contributed by atoms with Crippen molar-refractivity contribution >= 4 is 45.2 Å². The molecule has 3 heterocycles. The number of aromatic nitrogens is 2. The summed E-state index contributed by atoms with van der Waals surface area (Å²) in [7, 11) is 2.06. The van der Waals surface area contributed by atoms with Gasteiger partial charge in [-0.15, -0.1) is 0 Å². The van der Waals surface area contributed by atoms with Crippen LogP contribution in [0.2, 0.25) is 5.02 Å². The zero-order chi connectivity index (χ0) is 29.4. The number of pyridine rings is 1. The number of piperidine rings is 1. The number of benzene rings is 2. The van der Waals surface area contributed by atoms with Crippen LogP contribution in [0.5, 0.6) is 0 Å². The molecule has 2 aliphatic rings. The van der Waals surface area contributed by atoms with E-state index in [1.54, 1.807) is 13.0 Å². The summed E-state index contributed by atoms with van der Waals surface area (Å²) in [5, 5.41) is 12.1. The molecule has 3 atom stereocenters. The maximum absolute atomic E-state index is 13.8. The number of carbonyl (C=O) groups is 2. The molecule has 1 saturated carbocycles. The summed E-state index contributed by atoms with van der Waals surface area (Å²) in [4.78, 5) is 43.1. The number of hydrogen-bond acceptors (Lipinski definition) is 6. The number of nitrogens with one attached hydrogen (secondary N) is 2. The molecular formula is C32H36ClN5O4. The normalized spacial score (nSPS) is 20.9. The molecule has 6 rings (SSSR count). The lowest BCUT2D eigenvalue weighted by Crippen LogP contribution is -2.48. The molecule has 10 heteroatoms. The molecule has 4 aromatic rings. The van der Waals surface area contributed by atoms with Gasteiger partial charge in [-0.3, -0.25) is 14.4 Å². The highest BCUT2D eigenvalue weighted by molar-refractivity contribution is 6.37. The number of aryl methyl sites for hydroxylation is 1. The van der Waals surface area contributed by atoms with Crippen molar-refractivity contribution in [1.29, 1.82) is 0 Å². The molecular weight excluding hydrogens is 554 g/mol. The Morgan fingerprint density at radius 3 is 2.55 bits per heavy atom. The third-order valence-electron chi connectivity index (χ3n) is 8.91. The summed E-state index contributed by atoms with van der Waals surface area (Å²) in [5.74, 6) is 0.0268. The molecule has 2 aromatic carbocycles. The second-order valence-corrected chi connectivity index (χ2v) is 12.1. The van der Waals surface area contributed by atoms with Crippen LogP contribution in [-0.4, -0.2) is 52.6 Å². The maximum atomic E-state index is 13.8. The average Bonchev–Trinajstić information content (AvgIpc) is 3.38. The molecule has 9 nitrogen and oxygen atoms in total. The Morgan fingerprint density at radius 1 is 1.02 bits per heavy atom. The van der Waals surface area contributed by atoms with Gasteiger partial charge in [0.05, 0.1) is 10.5 Å². The van der Waals surface area contributed by atoms with Crippen LogP contribution in [-0.2, 0) is 9.59 Å². The quantitative estimate of drug-likeness (QED) is 0.331. The molecule has 1 aliphatic heterocycles. The molecule has 0 radical (unpaired) electrons. The van der Waals surface area contributed by atoms with Crippen LogP contribution in [0.25, 0.3) is 21.8 Å². The zero-order valence-electron chi connectivity index (χ0n) is 23.9. The smallest absolute Gasteiger partial charge is 0.264 e. The number of amides is 2. The van der Waals surface area contributed by atoms with Crippen LogP contribution in [0.4, 0.5) is 0 Å². The molecule has 2 fully saturated rings. The highest BCUT2D eigenvalue weighted by atomic mass is 35.5. The Labute approximate surface area is 249 Å². The van der Waals surface area contributed by atoms with E-state index in [0.29, 0.717) is 39.0 Å². The van der Waals surface area contributed by atoms with Crippen molar-refractivity contribution in [3.8, 4) is 0 Å². The number of nitrogens with zero attached hydrogens (tertiary/aromatic N) is 3. The van der Waals surface area contributed by atoms with E-state index in [9.17, 15) is 14.4 Å². The van der Waals surface area contributed by atoms with Crippen molar-refractivity contribution in [3.63, 3.8) is 0 Å². The van der Waals surface area contributed by atoms with Crippen LogP contribution in [0.1, 0.15) is 61.9 Å². The van der Waals surface area contributed by atoms with Gasteiger partial charge in [-0.25, -0.2) is 0 Å². The van der Waals surface area contributed by atoms with Crippen molar-refractivity contribution in [2.45, 2.75) is 63.6 Å². The van der Waals surface area contributed by atoms with Gasteiger partial charge in [-0.05, 0) is 83.3 Å². The Balaban J connectivity index is 1.26. The SMILES string of the molecule is Cc1onc2c1c(=O)n(C1CCCC(NC(=O)C(NC(=O)C3CCN(C)CC3)c3ccccc3)C1)c1cccc(Cl)c21. The summed E-state index contributed by atoms with van der Waals surface area (Å²) < 4.78 is 7.22. The summed E-state index contributed by atoms with van der Waals surface area (Å²) in [5.41, 5.74) is 1.76. The van der Waals surface area contributed by atoms with Crippen LogP contribution >= 0.6 is 11.6 Å². The van der Waals surface area contributed by atoms with E-state index in [1.165, 1.54) is 0 Å². The van der Waals surface area contributed by atoms with Crippen molar-refractivity contribution in [1.82, 2.24) is 25.3 Å². The predicted molar refractivity (Wildman–Crippen MR) is 163 cm³/mol. The van der Waals surface area contributed by atoms with E-state index in [0.717, 1.165) is 50.8 Å². The van der Waals surface area contributed by atoms with Gasteiger partial charge in [0, 0.05) is 23.4 Å². The first-order chi connectivity index (χ1) is 20.3. The number of carbonyl (C=O) groups excluding carboxylic acids is 2. The Morgan fingerprint density at radius 2 is 1.79 bits per heavy atom. The van der Waals surface area contributed by atoms with Gasteiger partial charge in [-0.1, -0.05) is 53.2 Å². The summed E-state index contributed by atoms with van der Waals surface area (Å²) >= 11 is 6.61. The van der Waals surface area contributed by atoms with Gasteiger partial charge < -0.3 is 24.6 Å². The number of hydrogen-bond donors (Lipinski definition) is 2. The fraction of sp³-hybridized carbons (Fsp3) is 0.438. The molecule has 1 saturated heterocycles. The van der Waals surface area contributed by atoms with Crippen LogP contribution < -0.4 is 16.2 Å². The Bertz CT molecular complexity index is 1680. The first-order valence-electron chi connectivity index (χ1n) is 14.7. The summed E-state index contributed by atoms with van der Waals surface area (Å²) in [6.07, 6.45) is 4.54. The lowest BCUT2D eigenvalue weighted by atomic mass is 9.89. The third kappa shape index (κ3) is 5.43. The topological polar surface area (TPSA) is 109 Å². The van der Waals surface area contributed by atoms with Gasteiger partial charge in [0.25, 0.3) is 5.56 Å². The minimum atomic E-state index is -0.794. The first-order valence-corrected chi connectivity index (χ1v) is 15.1. The van der Waals surface area contributed by atoms with Crippen molar-refractivity contribution in [2.75, 3.05) is 20.1 Å². The average molecular weight is 590 g/mol. The van der Waals surface area contributed by atoms with E-state index in [-0.39, 0.29) is 35.4 Å². The molecule has 42 heavy (non-hydrogen) atoms. The Hall–Kier alpha value is -3.69. The van der Waals surface area contributed by atoms with E-state index in [1.807, 2.05) is 47.0 Å². The van der Waals surface area contributed by atoms with Crippen LogP contribution in [0.3, 0.4) is 0 Å². The van der Waals surface area contributed by atoms with Crippen LogP contribution in [0, 0.1) is 12.8 Å². The molecule has 2 aromatic heterocycles. The summed E-state index contributed by atoms with van der Waals surface area (Å²) in [6, 6.07) is 13.8. The van der Waals surface area contributed by atoms with Gasteiger partial charge in [0.15, 0.2) is 0 Å². The van der Waals surface area contributed by atoms with E-state index < -0.39 is 6.04 Å². The predicted octanol–water partition coefficient (Wildman–Crippen LogP) is 4.90. The third-order valence-corrected chi connectivity index (χ3v) is 9.23. The molecule has 0 spiro atoms. The monoisotopic (exact) mass is 589 g/mol. The zero-order valence-corrected chi connectivity index (χ0v) is 24.7. The fourth-order valence-electron chi connectivity index (χ4n) is 6.63. The van der Waals surface area contributed by atoms with Crippen LogP contribution in [0.15, 0.2) is 57.8 Å². The van der Waals surface area contributed by atoms with Gasteiger partial charge in [-0.2, -0.15) is 0 Å². The first kappa shape index (κ1) is 28.4. The molecule has 2 N–H and O–H groups in total. The van der Waals surface area contributed by atoms with Crippen molar-refractivity contribution in [2.24, 2.45) is 5.92 Å². The minimum absolute atomic E-state index is 0.0825. The molecule has 0 bridgehead atoms. The Kier molecular flexibility index (Phi) is 8.05. The molecule has 220 valence electrons. The maximum Gasteiger partial charge on any atom is 0.264 e. The van der Waals surface area contributed by atoms with Gasteiger partial charge in [0.1, 0.15) is 22.7 Å². The van der Waals surface area contributed by atoms with E-state index in [4.69, 9.17) is 16.1 Å². The minimum Gasteiger partial charge on any atom is -0.360 e. The second kappa shape index (κ2) is 11.9. The standard InChI is InChI=1S/C32H36ClN5O4/c1-19-26-29(36-42-19)27-24(33)12-7-13-25(27)38(32(26)41)23-11-6-10-22(18-23)34-31(40)28(20-8-4-3-5-9-20)35-30(39)21-14-16-37(2)17-15-21/h3-5,7-9,12-13,21-23,28H,6,10-11,14-18H2,1-2H3,(H,34,40)(H,35,39). The lowest BCUT2D eigenvalue weighted by Gasteiger charge is -2.33. The number of likely N-dealkylation sites (tertiary alicyclic amines) is 1. The number of halogens is 1. The molecule has 2 amide bonds. The van der Waals surface area contributed by atoms with E-state index in [2.05, 4.69) is 27.7 Å². The highest BCUT2D eigenvalue weighted by Crippen LogP contribution is 2.35.